The highest BCUT2D eigenvalue weighted by Crippen LogP contribution is 2.39. The van der Waals surface area contributed by atoms with E-state index in [9.17, 15) is 9.90 Å². The van der Waals surface area contributed by atoms with Crippen LogP contribution in [0.15, 0.2) is 84.9 Å². The third kappa shape index (κ3) is 5.34. The van der Waals surface area contributed by atoms with Gasteiger partial charge in [-0.1, -0.05) is 61.5 Å². The molecule has 0 aliphatic carbocycles. The maximum atomic E-state index is 11.7. The van der Waals surface area contributed by atoms with Crippen molar-refractivity contribution in [1.29, 1.82) is 0 Å². The van der Waals surface area contributed by atoms with Gasteiger partial charge in [0.15, 0.2) is 0 Å². The molecule has 0 radical (unpaired) electrons. The summed E-state index contributed by atoms with van der Waals surface area (Å²) in [5, 5.41) is 12.2. The molecule has 36 heavy (non-hydrogen) atoms. The molecule has 0 aromatic heterocycles. The standard InChI is InChI=1S/C31H31NO3.ClH/c1-21-17-24(31(33)34)19-25(18-21)32-20-26(35-30-16-6-5-15-29(30)32)12-7-9-22(2)27-14-8-11-23-10-3-4-13-28(23)27;/h3-6,8,10-11,13-19,22,26H,7,9,12,20H2,1-2H3,(H,33,34);1H/t22-,26?;/m0./s1. The lowest BCUT2D eigenvalue weighted by Crippen LogP contribution is -2.37. The zero-order valence-corrected chi connectivity index (χ0v) is 21.5. The van der Waals surface area contributed by atoms with Crippen molar-refractivity contribution in [3.63, 3.8) is 0 Å². The molecule has 1 aliphatic rings. The number of halogens is 1. The van der Waals surface area contributed by atoms with E-state index in [0.29, 0.717) is 18.0 Å². The molecule has 186 valence electrons. The molecule has 4 aromatic carbocycles. The van der Waals surface area contributed by atoms with Crippen molar-refractivity contribution in [2.24, 2.45) is 0 Å². The highest BCUT2D eigenvalue weighted by atomic mass is 35.5. The van der Waals surface area contributed by atoms with Crippen LogP contribution in [0.4, 0.5) is 11.4 Å². The number of para-hydroxylation sites is 2. The Balaban J connectivity index is 0.00000304. The first-order valence-electron chi connectivity index (χ1n) is 12.4. The summed E-state index contributed by atoms with van der Waals surface area (Å²) in [7, 11) is 0. The van der Waals surface area contributed by atoms with Gasteiger partial charge in [0, 0.05) is 5.69 Å². The van der Waals surface area contributed by atoms with Crippen LogP contribution in [0.5, 0.6) is 5.75 Å². The molecule has 1 unspecified atom stereocenters. The predicted molar refractivity (Wildman–Crippen MR) is 149 cm³/mol. The number of anilines is 2. The minimum Gasteiger partial charge on any atom is -0.486 e. The zero-order chi connectivity index (χ0) is 24.4. The molecule has 1 N–H and O–H groups in total. The average Bonchev–Trinajstić information content (AvgIpc) is 2.87. The van der Waals surface area contributed by atoms with E-state index in [2.05, 4.69) is 54.3 Å². The Labute approximate surface area is 218 Å². The Morgan fingerprint density at radius 3 is 2.61 bits per heavy atom. The molecule has 1 heterocycles. The lowest BCUT2D eigenvalue weighted by molar-refractivity contribution is 0.0697. The molecule has 0 saturated carbocycles. The van der Waals surface area contributed by atoms with Crippen LogP contribution in [-0.2, 0) is 0 Å². The van der Waals surface area contributed by atoms with E-state index < -0.39 is 5.97 Å². The Hall–Kier alpha value is -3.50. The van der Waals surface area contributed by atoms with Gasteiger partial charge in [-0.25, -0.2) is 4.79 Å². The van der Waals surface area contributed by atoms with Gasteiger partial charge >= 0.3 is 5.97 Å². The second-order valence-electron chi connectivity index (χ2n) is 9.58. The molecule has 5 heteroatoms. The van der Waals surface area contributed by atoms with Gasteiger partial charge in [0.05, 0.1) is 17.8 Å². The van der Waals surface area contributed by atoms with Gasteiger partial charge in [0.1, 0.15) is 11.9 Å². The molecule has 5 rings (SSSR count). The Bertz CT molecular complexity index is 1360. The maximum Gasteiger partial charge on any atom is 0.335 e. The van der Waals surface area contributed by atoms with Crippen LogP contribution in [-0.4, -0.2) is 23.7 Å². The number of nitrogens with zero attached hydrogens (tertiary/aromatic N) is 1. The molecule has 1 aliphatic heterocycles. The van der Waals surface area contributed by atoms with Crippen LogP contribution in [0.1, 0.15) is 53.6 Å². The van der Waals surface area contributed by atoms with E-state index in [0.717, 1.165) is 42.0 Å². The second-order valence-corrected chi connectivity index (χ2v) is 9.58. The molecule has 0 saturated heterocycles. The van der Waals surface area contributed by atoms with Crippen LogP contribution in [0, 0.1) is 6.92 Å². The first kappa shape index (κ1) is 25.6. The highest BCUT2D eigenvalue weighted by Gasteiger charge is 2.27. The first-order chi connectivity index (χ1) is 17.0. The first-order valence-corrected chi connectivity index (χ1v) is 12.4. The Morgan fingerprint density at radius 2 is 1.78 bits per heavy atom. The number of aromatic carboxylic acids is 1. The number of rotatable bonds is 7. The topological polar surface area (TPSA) is 49.8 Å². The lowest BCUT2D eigenvalue weighted by Gasteiger charge is -2.37. The fourth-order valence-corrected chi connectivity index (χ4v) is 5.22. The molecule has 2 atom stereocenters. The number of hydrogen-bond donors (Lipinski definition) is 1. The van der Waals surface area contributed by atoms with E-state index in [4.69, 9.17) is 4.74 Å². The number of aryl methyl sites for hydroxylation is 1. The van der Waals surface area contributed by atoms with Gasteiger partial charge in [-0.05, 0) is 84.3 Å². The van der Waals surface area contributed by atoms with Crippen molar-refractivity contribution in [2.75, 3.05) is 11.4 Å². The minimum absolute atomic E-state index is 0. The molecule has 4 aromatic rings. The second kappa shape index (κ2) is 11.0. The number of benzene rings is 4. The van der Waals surface area contributed by atoms with Crippen LogP contribution >= 0.6 is 12.4 Å². The van der Waals surface area contributed by atoms with Crippen LogP contribution < -0.4 is 9.64 Å². The zero-order valence-electron chi connectivity index (χ0n) is 20.7. The van der Waals surface area contributed by atoms with Gasteiger partial charge in [-0.3, -0.25) is 0 Å². The number of carboxylic acids is 1. The molecular formula is C31H32ClNO3. The highest BCUT2D eigenvalue weighted by molar-refractivity contribution is 5.90. The SMILES string of the molecule is Cc1cc(C(=O)O)cc(N2CC(CCC[C@H](C)c3cccc4ccccc34)Oc3ccccc32)c1.Cl. The van der Waals surface area contributed by atoms with E-state index in [1.165, 1.54) is 16.3 Å². The average molecular weight is 502 g/mol. The van der Waals surface area contributed by atoms with Crippen LogP contribution in [0.25, 0.3) is 10.8 Å². The third-order valence-corrected chi connectivity index (χ3v) is 6.97. The Morgan fingerprint density at radius 1 is 1.03 bits per heavy atom. The molecule has 0 fully saturated rings. The minimum atomic E-state index is -0.907. The van der Waals surface area contributed by atoms with Gasteiger partial charge in [-0.15, -0.1) is 12.4 Å². The molecule has 0 amide bonds. The number of fused-ring (bicyclic) bond motifs is 2. The normalized spacial score (nSPS) is 15.5. The lowest BCUT2D eigenvalue weighted by atomic mass is 9.90. The van der Waals surface area contributed by atoms with Crippen molar-refractivity contribution in [2.45, 2.75) is 45.1 Å². The fraction of sp³-hybridized carbons (Fsp3) is 0.258. The van der Waals surface area contributed by atoms with Gasteiger partial charge < -0.3 is 14.7 Å². The quantitative estimate of drug-likeness (QED) is 0.277. The monoisotopic (exact) mass is 501 g/mol. The largest absolute Gasteiger partial charge is 0.486 e. The molecule has 4 nitrogen and oxygen atoms in total. The number of carboxylic acid groups (broad SMARTS) is 1. The summed E-state index contributed by atoms with van der Waals surface area (Å²) in [6.45, 7) is 4.95. The van der Waals surface area contributed by atoms with Crippen molar-refractivity contribution >= 4 is 40.5 Å². The van der Waals surface area contributed by atoms with Crippen LogP contribution in [0.2, 0.25) is 0 Å². The van der Waals surface area contributed by atoms with Gasteiger partial charge in [0.2, 0.25) is 0 Å². The van der Waals surface area contributed by atoms with Crippen LogP contribution in [0.3, 0.4) is 0 Å². The van der Waals surface area contributed by atoms with E-state index in [-0.39, 0.29) is 18.5 Å². The molecule has 0 spiro atoms. The van der Waals surface area contributed by atoms with Crippen molar-refractivity contribution < 1.29 is 14.6 Å². The molecule has 0 bridgehead atoms. The number of ether oxygens (including phenoxy) is 1. The fourth-order valence-electron chi connectivity index (χ4n) is 5.22. The maximum absolute atomic E-state index is 11.7. The van der Waals surface area contributed by atoms with Crippen molar-refractivity contribution in [3.8, 4) is 5.75 Å². The van der Waals surface area contributed by atoms with E-state index in [1.807, 2.05) is 37.3 Å². The molecular weight excluding hydrogens is 470 g/mol. The Kier molecular flexibility index (Phi) is 7.85. The van der Waals surface area contributed by atoms with Crippen molar-refractivity contribution in [1.82, 2.24) is 0 Å². The summed E-state index contributed by atoms with van der Waals surface area (Å²) in [6, 6.07) is 28.7. The van der Waals surface area contributed by atoms with Crippen molar-refractivity contribution in [3.05, 3.63) is 102 Å². The smallest absolute Gasteiger partial charge is 0.335 e. The third-order valence-electron chi connectivity index (χ3n) is 6.97. The summed E-state index contributed by atoms with van der Waals surface area (Å²) in [5.41, 5.74) is 4.52. The summed E-state index contributed by atoms with van der Waals surface area (Å²) in [6.07, 6.45) is 3.12. The number of carbonyl (C=O) groups is 1. The summed E-state index contributed by atoms with van der Waals surface area (Å²) in [4.78, 5) is 13.9. The number of hydrogen-bond acceptors (Lipinski definition) is 3. The van der Waals surface area contributed by atoms with Gasteiger partial charge in [0.25, 0.3) is 0 Å². The predicted octanol–water partition coefficient (Wildman–Crippen LogP) is 8.14. The summed E-state index contributed by atoms with van der Waals surface area (Å²) < 4.78 is 6.39. The summed E-state index contributed by atoms with van der Waals surface area (Å²) in [5.74, 6) is 0.405. The van der Waals surface area contributed by atoms with Gasteiger partial charge in [-0.2, -0.15) is 0 Å². The van der Waals surface area contributed by atoms with E-state index in [1.54, 1.807) is 12.1 Å². The van der Waals surface area contributed by atoms with E-state index >= 15 is 0 Å². The summed E-state index contributed by atoms with van der Waals surface area (Å²) >= 11 is 0.